The zero-order chi connectivity index (χ0) is 16.8. The van der Waals surface area contributed by atoms with Crippen LogP contribution in [0.25, 0.3) is 0 Å². The van der Waals surface area contributed by atoms with Gasteiger partial charge in [0.1, 0.15) is 5.78 Å². The Morgan fingerprint density at radius 2 is 1.78 bits per heavy atom. The molecule has 0 aliphatic rings. The number of carbonyl (C=O) groups excluding carboxylic acids is 1. The van der Waals surface area contributed by atoms with Gasteiger partial charge < -0.3 is 10.1 Å². The Balaban J connectivity index is 1.99. The Labute approximate surface area is 147 Å². The molecule has 0 aliphatic carbocycles. The van der Waals surface area contributed by atoms with E-state index in [9.17, 15) is 4.79 Å². The molecule has 0 aliphatic heterocycles. The minimum absolute atomic E-state index is 0.246. The molecule has 0 unspecified atom stereocenters. The molecule has 2 rings (SSSR count). The van der Waals surface area contributed by atoms with E-state index in [0.29, 0.717) is 6.42 Å². The number of aryl methyl sites for hydroxylation is 2. The van der Waals surface area contributed by atoms with Crippen LogP contribution in [0.2, 0.25) is 0 Å². The van der Waals surface area contributed by atoms with E-state index >= 15 is 0 Å². The van der Waals surface area contributed by atoms with Crippen molar-refractivity contribution in [3.63, 3.8) is 0 Å². The van der Waals surface area contributed by atoms with Gasteiger partial charge in [-0.25, -0.2) is 0 Å². The highest BCUT2D eigenvalue weighted by Gasteiger charge is 2.06. The summed E-state index contributed by atoms with van der Waals surface area (Å²) in [6.45, 7) is 6.82. The molecule has 0 saturated carbocycles. The largest absolute Gasteiger partial charge is 0.385 e. The summed E-state index contributed by atoms with van der Waals surface area (Å²) in [6, 6.07) is 12.8. The van der Waals surface area contributed by atoms with Gasteiger partial charge in [0.25, 0.3) is 0 Å². The second-order valence-corrected chi connectivity index (χ2v) is 7.00. The van der Waals surface area contributed by atoms with Gasteiger partial charge >= 0.3 is 0 Å². The number of nitrogens with one attached hydrogen (secondary N) is 1. The molecule has 0 bridgehead atoms. The molecule has 122 valence electrons. The van der Waals surface area contributed by atoms with Gasteiger partial charge in [-0.3, -0.25) is 0 Å². The number of Topliss-reactive ketones (excluding diaryl/α,β-unsaturated/α-hetero) is 1. The van der Waals surface area contributed by atoms with Crippen LogP contribution in [0.5, 0.6) is 0 Å². The highest BCUT2D eigenvalue weighted by Crippen LogP contribution is 2.21. The summed E-state index contributed by atoms with van der Waals surface area (Å²) in [6.07, 6.45) is 2.43. The van der Waals surface area contributed by atoms with Crippen LogP contribution in [-0.4, -0.2) is 12.3 Å². The molecular weight excluding hydrogens is 350 g/mol. The van der Waals surface area contributed by atoms with E-state index in [1.165, 1.54) is 22.3 Å². The summed E-state index contributed by atoms with van der Waals surface area (Å²) in [4.78, 5) is 11.2. The van der Waals surface area contributed by atoms with E-state index in [2.05, 4.69) is 71.5 Å². The zero-order valence-electron chi connectivity index (χ0n) is 14.1. The molecule has 23 heavy (non-hydrogen) atoms. The predicted octanol–water partition coefficient (Wildman–Crippen LogP) is 5.24. The molecule has 2 aromatic rings. The fourth-order valence-corrected chi connectivity index (χ4v) is 2.87. The molecule has 0 atom stereocenters. The van der Waals surface area contributed by atoms with Crippen LogP contribution in [0.15, 0.2) is 40.9 Å². The van der Waals surface area contributed by atoms with Crippen LogP contribution in [0.3, 0.4) is 0 Å². The van der Waals surface area contributed by atoms with Crippen LogP contribution >= 0.6 is 15.9 Å². The van der Waals surface area contributed by atoms with Crippen molar-refractivity contribution < 1.29 is 4.79 Å². The second kappa shape index (κ2) is 8.30. The van der Waals surface area contributed by atoms with Gasteiger partial charge in [-0.1, -0.05) is 28.1 Å². The van der Waals surface area contributed by atoms with E-state index in [1.807, 2.05) is 0 Å². The van der Waals surface area contributed by atoms with Gasteiger partial charge in [-0.2, -0.15) is 0 Å². The van der Waals surface area contributed by atoms with Gasteiger partial charge in [-0.05, 0) is 80.1 Å². The zero-order valence-corrected chi connectivity index (χ0v) is 15.7. The molecule has 0 aromatic heterocycles. The van der Waals surface area contributed by atoms with Crippen LogP contribution in [0.4, 0.5) is 5.69 Å². The fraction of sp³-hybridized carbons (Fsp3) is 0.350. The third-order valence-electron chi connectivity index (χ3n) is 4.18. The first-order valence-corrected chi connectivity index (χ1v) is 8.83. The van der Waals surface area contributed by atoms with Gasteiger partial charge in [0, 0.05) is 23.1 Å². The van der Waals surface area contributed by atoms with Gasteiger partial charge in [0.15, 0.2) is 0 Å². The lowest BCUT2D eigenvalue weighted by Crippen LogP contribution is -2.06. The molecule has 3 heteroatoms. The average Bonchev–Trinajstić information content (AvgIpc) is 2.51. The number of benzene rings is 2. The molecule has 0 amide bonds. The fourth-order valence-electron chi connectivity index (χ4n) is 2.61. The number of hydrogen-bond donors (Lipinski definition) is 1. The number of ketones is 1. The van der Waals surface area contributed by atoms with Crippen LogP contribution < -0.4 is 5.32 Å². The second-order valence-electron chi connectivity index (χ2n) is 6.08. The summed E-state index contributed by atoms with van der Waals surface area (Å²) < 4.78 is 1.11. The SMILES string of the molecule is CC(=O)CCc1cc(NCCc2ccc(Br)cc2)cc(C)c1C. The molecule has 2 nitrogen and oxygen atoms in total. The lowest BCUT2D eigenvalue weighted by molar-refractivity contribution is -0.116. The van der Waals surface area contributed by atoms with Crippen molar-refractivity contribution in [3.05, 3.63) is 63.1 Å². The van der Waals surface area contributed by atoms with Crippen molar-refractivity contribution in [2.45, 2.75) is 40.0 Å². The van der Waals surface area contributed by atoms with Gasteiger partial charge in [0.05, 0.1) is 0 Å². The quantitative estimate of drug-likeness (QED) is 0.718. The number of anilines is 1. The molecule has 2 aromatic carbocycles. The monoisotopic (exact) mass is 373 g/mol. The van der Waals surface area contributed by atoms with Crippen molar-refractivity contribution >= 4 is 27.4 Å². The average molecular weight is 374 g/mol. The maximum absolute atomic E-state index is 11.2. The lowest BCUT2D eigenvalue weighted by atomic mass is 9.97. The maximum atomic E-state index is 11.2. The first kappa shape index (κ1) is 17.7. The van der Waals surface area contributed by atoms with Crippen LogP contribution in [0, 0.1) is 13.8 Å². The first-order valence-electron chi connectivity index (χ1n) is 8.03. The highest BCUT2D eigenvalue weighted by molar-refractivity contribution is 9.10. The Morgan fingerprint density at radius 1 is 1.09 bits per heavy atom. The summed E-state index contributed by atoms with van der Waals surface area (Å²) in [5.41, 5.74) is 6.30. The summed E-state index contributed by atoms with van der Waals surface area (Å²) in [5.74, 6) is 0.246. The maximum Gasteiger partial charge on any atom is 0.130 e. The molecule has 0 heterocycles. The highest BCUT2D eigenvalue weighted by atomic mass is 79.9. The third kappa shape index (κ3) is 5.51. The minimum atomic E-state index is 0.246. The molecule has 0 saturated heterocycles. The Kier molecular flexibility index (Phi) is 6.40. The molecular formula is C20H24BrNO. The van der Waals surface area contributed by atoms with Crippen molar-refractivity contribution in [1.29, 1.82) is 0 Å². The third-order valence-corrected chi connectivity index (χ3v) is 4.71. The van der Waals surface area contributed by atoms with Crippen LogP contribution in [0.1, 0.15) is 35.6 Å². The molecule has 1 N–H and O–H groups in total. The van der Waals surface area contributed by atoms with Gasteiger partial charge in [-0.15, -0.1) is 0 Å². The van der Waals surface area contributed by atoms with Crippen molar-refractivity contribution in [3.8, 4) is 0 Å². The standard InChI is InChI=1S/C20H24BrNO/c1-14-12-20(13-18(16(14)3)7-4-15(2)23)22-11-10-17-5-8-19(21)9-6-17/h5-6,8-9,12-13,22H,4,7,10-11H2,1-3H3. The minimum Gasteiger partial charge on any atom is -0.385 e. The van der Waals surface area contributed by atoms with Crippen molar-refractivity contribution in [1.82, 2.24) is 0 Å². The van der Waals surface area contributed by atoms with E-state index in [1.54, 1.807) is 6.92 Å². The molecule has 0 spiro atoms. The van der Waals surface area contributed by atoms with E-state index in [4.69, 9.17) is 0 Å². The number of hydrogen-bond acceptors (Lipinski definition) is 2. The number of rotatable bonds is 7. The van der Waals surface area contributed by atoms with E-state index in [-0.39, 0.29) is 5.78 Å². The molecule has 0 radical (unpaired) electrons. The smallest absolute Gasteiger partial charge is 0.130 e. The number of carbonyl (C=O) groups is 1. The van der Waals surface area contributed by atoms with Crippen LogP contribution in [-0.2, 0) is 17.6 Å². The van der Waals surface area contributed by atoms with Gasteiger partial charge in [0.2, 0.25) is 0 Å². The number of halogens is 1. The van der Waals surface area contributed by atoms with Crippen molar-refractivity contribution in [2.75, 3.05) is 11.9 Å². The van der Waals surface area contributed by atoms with Crippen molar-refractivity contribution in [2.24, 2.45) is 0 Å². The summed E-state index contributed by atoms with van der Waals surface area (Å²) in [5, 5.41) is 3.51. The lowest BCUT2D eigenvalue weighted by Gasteiger charge is -2.13. The topological polar surface area (TPSA) is 29.1 Å². The van der Waals surface area contributed by atoms with E-state index < -0.39 is 0 Å². The Morgan fingerprint density at radius 3 is 2.43 bits per heavy atom. The first-order chi connectivity index (χ1) is 11.0. The molecule has 0 fully saturated rings. The Hall–Kier alpha value is -1.61. The Bertz CT molecular complexity index is 677. The summed E-state index contributed by atoms with van der Waals surface area (Å²) in [7, 11) is 0. The normalized spacial score (nSPS) is 10.6. The predicted molar refractivity (Wildman–Crippen MR) is 101 cm³/mol. The summed E-state index contributed by atoms with van der Waals surface area (Å²) >= 11 is 3.46. The van der Waals surface area contributed by atoms with E-state index in [0.717, 1.165) is 29.5 Å².